The van der Waals surface area contributed by atoms with Crippen LogP contribution in [0, 0.1) is 0 Å². The lowest BCUT2D eigenvalue weighted by atomic mass is 10.1. The van der Waals surface area contributed by atoms with Crippen molar-refractivity contribution in [3.05, 3.63) is 24.0 Å². The molecule has 0 aliphatic carbocycles. The van der Waals surface area contributed by atoms with E-state index < -0.39 is 5.91 Å². The molecule has 0 radical (unpaired) electrons. The molecule has 0 spiro atoms. The largest absolute Gasteiger partial charge is 0.463 e. The predicted molar refractivity (Wildman–Crippen MR) is 72.0 cm³/mol. The highest BCUT2D eigenvalue weighted by atomic mass is 16.6. The van der Waals surface area contributed by atoms with Crippen molar-refractivity contribution in [1.82, 2.24) is 4.90 Å². The fraction of sp³-hybridized carbons (Fsp3) is 0.571. The molecule has 6 nitrogen and oxygen atoms in total. The highest BCUT2D eigenvalue weighted by Crippen LogP contribution is 2.26. The van der Waals surface area contributed by atoms with Crippen LogP contribution in [-0.4, -0.2) is 35.7 Å². The standard InChI is InChI=1S/C14H20N2O4/c1-2-13(17)19-9-11-5-6-12(20-11)16-7-3-4-10(8-16)14(15)18/h3,7-8,11-12H,2,4-6,9H2,1H3,(H2,15,18)/t11-,12+/m0/s1. The van der Waals surface area contributed by atoms with Gasteiger partial charge in [-0.15, -0.1) is 0 Å². The van der Waals surface area contributed by atoms with Crippen LogP contribution in [0.3, 0.4) is 0 Å². The fourth-order valence-electron chi connectivity index (χ4n) is 2.24. The molecule has 2 atom stereocenters. The second-order valence-corrected chi connectivity index (χ2v) is 4.88. The van der Waals surface area contributed by atoms with Gasteiger partial charge in [0.1, 0.15) is 12.8 Å². The van der Waals surface area contributed by atoms with E-state index in [0.717, 1.165) is 12.8 Å². The molecule has 1 fully saturated rings. The molecular weight excluding hydrogens is 260 g/mol. The lowest BCUT2D eigenvalue weighted by molar-refractivity contribution is -0.148. The molecule has 2 heterocycles. The van der Waals surface area contributed by atoms with Crippen molar-refractivity contribution in [2.24, 2.45) is 5.73 Å². The van der Waals surface area contributed by atoms with E-state index in [9.17, 15) is 9.59 Å². The topological polar surface area (TPSA) is 81.9 Å². The first kappa shape index (κ1) is 14.6. The number of carbonyl (C=O) groups is 2. The number of esters is 1. The summed E-state index contributed by atoms with van der Waals surface area (Å²) in [5.41, 5.74) is 5.85. The number of carbonyl (C=O) groups excluding carboxylic acids is 2. The molecule has 0 aromatic heterocycles. The SMILES string of the molecule is CCC(=O)OC[C@@H]1CC[C@H](N2C=CCC(C(N)=O)=C2)O1. The van der Waals surface area contributed by atoms with Gasteiger partial charge in [-0.2, -0.15) is 0 Å². The monoisotopic (exact) mass is 280 g/mol. The van der Waals surface area contributed by atoms with E-state index in [1.54, 1.807) is 13.1 Å². The van der Waals surface area contributed by atoms with Crippen LogP contribution in [0.15, 0.2) is 24.0 Å². The zero-order chi connectivity index (χ0) is 14.5. The minimum atomic E-state index is -0.411. The molecule has 0 unspecified atom stereocenters. The Labute approximate surface area is 118 Å². The first-order chi connectivity index (χ1) is 9.60. The van der Waals surface area contributed by atoms with E-state index in [2.05, 4.69) is 0 Å². The Kier molecular flexibility index (Phi) is 4.79. The first-order valence-electron chi connectivity index (χ1n) is 6.85. The highest BCUT2D eigenvalue weighted by molar-refractivity contribution is 5.92. The zero-order valence-electron chi connectivity index (χ0n) is 11.6. The minimum Gasteiger partial charge on any atom is -0.463 e. The van der Waals surface area contributed by atoms with Crippen molar-refractivity contribution in [3.8, 4) is 0 Å². The van der Waals surface area contributed by atoms with Crippen LogP contribution in [0.1, 0.15) is 32.6 Å². The maximum absolute atomic E-state index is 11.2. The molecule has 1 saturated heterocycles. The maximum atomic E-state index is 11.2. The van der Waals surface area contributed by atoms with Gasteiger partial charge in [-0.3, -0.25) is 9.59 Å². The molecule has 2 aliphatic rings. The third-order valence-electron chi connectivity index (χ3n) is 3.37. The van der Waals surface area contributed by atoms with Crippen LogP contribution in [-0.2, 0) is 19.1 Å². The van der Waals surface area contributed by atoms with Crippen LogP contribution in [0.5, 0.6) is 0 Å². The summed E-state index contributed by atoms with van der Waals surface area (Å²) in [7, 11) is 0. The molecule has 20 heavy (non-hydrogen) atoms. The van der Waals surface area contributed by atoms with Crippen molar-refractivity contribution in [2.45, 2.75) is 44.9 Å². The summed E-state index contributed by atoms with van der Waals surface area (Å²) in [5, 5.41) is 0. The molecule has 2 rings (SSSR count). The molecular formula is C14H20N2O4. The van der Waals surface area contributed by atoms with Gasteiger partial charge in [0.2, 0.25) is 5.91 Å². The third kappa shape index (κ3) is 3.60. The third-order valence-corrected chi connectivity index (χ3v) is 3.37. The van der Waals surface area contributed by atoms with Gasteiger partial charge in [0.05, 0.1) is 6.10 Å². The number of nitrogens with zero attached hydrogens (tertiary/aromatic N) is 1. The normalized spacial score (nSPS) is 25.4. The Bertz CT molecular complexity index is 444. The predicted octanol–water partition coefficient (Wildman–Crippen LogP) is 1.03. The van der Waals surface area contributed by atoms with Crippen LogP contribution < -0.4 is 5.73 Å². The van der Waals surface area contributed by atoms with Crippen molar-refractivity contribution >= 4 is 11.9 Å². The zero-order valence-corrected chi connectivity index (χ0v) is 11.6. The summed E-state index contributed by atoms with van der Waals surface area (Å²) >= 11 is 0. The number of nitrogens with two attached hydrogens (primary N) is 1. The van der Waals surface area contributed by atoms with Gasteiger partial charge >= 0.3 is 5.97 Å². The van der Waals surface area contributed by atoms with Crippen LogP contribution in [0.2, 0.25) is 0 Å². The number of hydrogen-bond donors (Lipinski definition) is 1. The summed E-state index contributed by atoms with van der Waals surface area (Å²) in [5.74, 6) is -0.628. The van der Waals surface area contributed by atoms with Gasteiger partial charge in [0.15, 0.2) is 0 Å². The number of ether oxygens (including phenoxy) is 2. The van der Waals surface area contributed by atoms with E-state index in [-0.39, 0.29) is 24.9 Å². The molecule has 110 valence electrons. The Morgan fingerprint density at radius 3 is 3.00 bits per heavy atom. The van der Waals surface area contributed by atoms with E-state index in [4.69, 9.17) is 15.2 Å². The smallest absolute Gasteiger partial charge is 0.305 e. The lowest BCUT2D eigenvalue weighted by Crippen LogP contribution is -2.30. The summed E-state index contributed by atoms with van der Waals surface area (Å²) in [6.07, 6.45) is 7.85. The number of amides is 1. The molecule has 1 amide bonds. The Morgan fingerprint density at radius 2 is 2.30 bits per heavy atom. The van der Waals surface area contributed by atoms with Gasteiger partial charge < -0.3 is 20.1 Å². The Hall–Kier alpha value is -1.82. The van der Waals surface area contributed by atoms with Crippen LogP contribution in [0.4, 0.5) is 0 Å². The molecule has 6 heteroatoms. The molecule has 0 saturated carbocycles. The quantitative estimate of drug-likeness (QED) is 0.761. The highest BCUT2D eigenvalue weighted by Gasteiger charge is 2.30. The number of allylic oxidation sites excluding steroid dienone is 1. The number of primary amides is 1. The van der Waals surface area contributed by atoms with E-state index in [1.165, 1.54) is 0 Å². The maximum Gasteiger partial charge on any atom is 0.305 e. The average molecular weight is 280 g/mol. The molecule has 0 aromatic rings. The minimum absolute atomic E-state index is 0.0868. The summed E-state index contributed by atoms with van der Waals surface area (Å²) in [4.78, 5) is 24.1. The van der Waals surface area contributed by atoms with Gasteiger partial charge in [0.25, 0.3) is 0 Å². The number of hydrogen-bond acceptors (Lipinski definition) is 5. The van der Waals surface area contributed by atoms with Crippen LogP contribution >= 0.6 is 0 Å². The molecule has 2 N–H and O–H groups in total. The Morgan fingerprint density at radius 1 is 1.50 bits per heavy atom. The first-order valence-corrected chi connectivity index (χ1v) is 6.85. The van der Waals surface area contributed by atoms with E-state index >= 15 is 0 Å². The van der Waals surface area contributed by atoms with Gasteiger partial charge in [-0.25, -0.2) is 0 Å². The fourth-order valence-corrected chi connectivity index (χ4v) is 2.24. The molecule has 0 bridgehead atoms. The summed E-state index contributed by atoms with van der Waals surface area (Å²) < 4.78 is 10.9. The molecule has 2 aliphatic heterocycles. The van der Waals surface area contributed by atoms with Gasteiger partial charge in [0, 0.05) is 24.4 Å². The molecule has 0 aromatic carbocycles. The number of rotatable bonds is 5. The van der Waals surface area contributed by atoms with Crippen LogP contribution in [0.25, 0.3) is 0 Å². The summed E-state index contributed by atoms with van der Waals surface area (Å²) in [6.45, 7) is 2.04. The second kappa shape index (κ2) is 6.56. The average Bonchev–Trinajstić information content (AvgIpc) is 2.93. The lowest BCUT2D eigenvalue weighted by Gasteiger charge is -2.27. The second-order valence-electron chi connectivity index (χ2n) is 4.88. The van der Waals surface area contributed by atoms with E-state index in [1.807, 2.05) is 17.2 Å². The van der Waals surface area contributed by atoms with Crippen molar-refractivity contribution in [3.63, 3.8) is 0 Å². The Balaban J connectivity index is 1.86. The van der Waals surface area contributed by atoms with Crippen molar-refractivity contribution in [1.29, 1.82) is 0 Å². The summed E-state index contributed by atoms with van der Waals surface area (Å²) in [6, 6.07) is 0. The van der Waals surface area contributed by atoms with Crippen molar-refractivity contribution in [2.75, 3.05) is 6.61 Å². The van der Waals surface area contributed by atoms with E-state index in [0.29, 0.717) is 18.4 Å². The van der Waals surface area contributed by atoms with Crippen molar-refractivity contribution < 1.29 is 19.1 Å². The van der Waals surface area contributed by atoms with Gasteiger partial charge in [-0.05, 0) is 19.3 Å². The van der Waals surface area contributed by atoms with Gasteiger partial charge in [-0.1, -0.05) is 13.0 Å².